The minimum Gasteiger partial charge on any atom is -0.489 e. The fourth-order valence-electron chi connectivity index (χ4n) is 3.83. The lowest BCUT2D eigenvalue weighted by Crippen LogP contribution is -3.16. The lowest BCUT2D eigenvalue weighted by molar-refractivity contribution is -0.928. The minimum atomic E-state index is -0.0514. The van der Waals surface area contributed by atoms with Crippen molar-refractivity contribution in [1.82, 2.24) is 10.5 Å². The first-order chi connectivity index (χ1) is 13.5. The number of benzene rings is 1. The molecular formula is C22H32N3O3+. The Balaban J connectivity index is 1.45. The molecule has 0 aliphatic carbocycles. The summed E-state index contributed by atoms with van der Waals surface area (Å²) in [7, 11) is 0. The molecule has 6 nitrogen and oxygen atoms in total. The second kappa shape index (κ2) is 9.73. The molecule has 1 amide bonds. The number of quaternary nitrogens is 1. The van der Waals surface area contributed by atoms with Gasteiger partial charge in [-0.25, -0.2) is 0 Å². The van der Waals surface area contributed by atoms with E-state index in [1.54, 1.807) is 11.0 Å². The van der Waals surface area contributed by atoms with Gasteiger partial charge in [-0.2, -0.15) is 0 Å². The molecule has 2 aromatic rings. The molecule has 1 unspecified atom stereocenters. The Morgan fingerprint density at radius 1 is 1.36 bits per heavy atom. The monoisotopic (exact) mass is 386 g/mol. The third kappa shape index (κ3) is 5.35. The van der Waals surface area contributed by atoms with E-state index in [1.165, 1.54) is 25.8 Å². The van der Waals surface area contributed by atoms with Gasteiger partial charge < -0.3 is 19.5 Å². The highest BCUT2D eigenvalue weighted by molar-refractivity contribution is 5.94. The van der Waals surface area contributed by atoms with E-state index in [2.05, 4.69) is 17.4 Å². The van der Waals surface area contributed by atoms with E-state index >= 15 is 0 Å². The zero-order chi connectivity index (χ0) is 19.9. The van der Waals surface area contributed by atoms with Gasteiger partial charge in [0.2, 0.25) is 0 Å². The molecule has 1 aromatic heterocycles. The van der Waals surface area contributed by atoms with Crippen LogP contribution in [0.1, 0.15) is 60.0 Å². The van der Waals surface area contributed by atoms with E-state index in [-0.39, 0.29) is 5.91 Å². The van der Waals surface area contributed by atoms with Crippen LogP contribution in [-0.4, -0.2) is 36.7 Å². The third-order valence-electron chi connectivity index (χ3n) is 5.70. The number of hydrogen-bond acceptors (Lipinski definition) is 4. The average Bonchev–Trinajstić information content (AvgIpc) is 3.02. The molecule has 152 valence electrons. The van der Waals surface area contributed by atoms with Crippen molar-refractivity contribution in [1.29, 1.82) is 0 Å². The van der Waals surface area contributed by atoms with Crippen LogP contribution >= 0.6 is 0 Å². The molecule has 0 radical (unpaired) electrons. The van der Waals surface area contributed by atoms with Crippen molar-refractivity contribution in [2.24, 2.45) is 0 Å². The van der Waals surface area contributed by atoms with Crippen LogP contribution in [0.2, 0.25) is 0 Å². The topological polar surface area (TPSA) is 68.8 Å². The first kappa shape index (κ1) is 20.4. The summed E-state index contributed by atoms with van der Waals surface area (Å²) in [6.07, 6.45) is 5.01. The van der Waals surface area contributed by atoms with Crippen molar-refractivity contribution in [2.45, 2.75) is 59.1 Å². The Bertz CT molecular complexity index is 768. The Morgan fingerprint density at radius 2 is 2.21 bits per heavy atom. The van der Waals surface area contributed by atoms with Gasteiger partial charge in [-0.1, -0.05) is 11.2 Å². The predicted molar refractivity (Wildman–Crippen MR) is 108 cm³/mol. The number of nitrogens with zero attached hydrogens (tertiary/aromatic N) is 1. The van der Waals surface area contributed by atoms with Crippen LogP contribution in [0.3, 0.4) is 0 Å². The summed E-state index contributed by atoms with van der Waals surface area (Å²) in [4.78, 5) is 14.1. The van der Waals surface area contributed by atoms with Gasteiger partial charge in [0.15, 0.2) is 0 Å². The first-order valence-corrected chi connectivity index (χ1v) is 10.3. The summed E-state index contributed by atoms with van der Waals surface area (Å²) in [5, 5.41) is 6.97. The van der Waals surface area contributed by atoms with Gasteiger partial charge in [0, 0.05) is 18.5 Å². The standard InChI is InChI=1S/C22H31N3O3/c1-16-8-4-5-12-25(16)13-7-11-23-22(26)19-9-6-10-20(14-19)27-15-21-17(2)24-28-18(21)3/h6,9-10,14,16H,4-5,7-8,11-13,15H2,1-3H3,(H,23,26)/p+1/t16-/m0/s1. The Labute approximate surface area is 167 Å². The first-order valence-electron chi connectivity index (χ1n) is 10.3. The minimum absolute atomic E-state index is 0.0514. The predicted octanol–water partition coefficient (Wildman–Crippen LogP) is 2.45. The quantitative estimate of drug-likeness (QED) is 0.684. The van der Waals surface area contributed by atoms with E-state index in [4.69, 9.17) is 9.26 Å². The summed E-state index contributed by atoms with van der Waals surface area (Å²) >= 11 is 0. The molecule has 0 spiro atoms. The zero-order valence-corrected chi connectivity index (χ0v) is 17.2. The second-order valence-electron chi connectivity index (χ2n) is 7.78. The number of aromatic nitrogens is 1. The highest BCUT2D eigenvalue weighted by Gasteiger charge is 2.21. The Kier molecular flexibility index (Phi) is 7.09. The molecule has 1 aromatic carbocycles. The lowest BCUT2D eigenvalue weighted by atomic mass is 10.0. The van der Waals surface area contributed by atoms with Gasteiger partial charge >= 0.3 is 0 Å². The summed E-state index contributed by atoms with van der Waals surface area (Å²) in [6.45, 7) is 9.57. The van der Waals surface area contributed by atoms with E-state index in [0.29, 0.717) is 24.5 Å². The van der Waals surface area contributed by atoms with Crippen LogP contribution in [0.15, 0.2) is 28.8 Å². The highest BCUT2D eigenvalue weighted by Crippen LogP contribution is 2.18. The van der Waals surface area contributed by atoms with Crippen LogP contribution in [0, 0.1) is 13.8 Å². The number of amides is 1. The van der Waals surface area contributed by atoms with Crippen molar-refractivity contribution in [3.8, 4) is 5.75 Å². The molecule has 0 saturated carbocycles. The SMILES string of the molecule is Cc1noc(C)c1COc1cccc(C(=O)NCCC[NH+]2CCCC[C@@H]2C)c1. The molecule has 0 bridgehead atoms. The van der Waals surface area contributed by atoms with E-state index < -0.39 is 0 Å². The molecule has 1 saturated heterocycles. The van der Waals surface area contributed by atoms with Crippen molar-refractivity contribution in [3.63, 3.8) is 0 Å². The lowest BCUT2D eigenvalue weighted by Gasteiger charge is -2.30. The van der Waals surface area contributed by atoms with Crippen molar-refractivity contribution in [2.75, 3.05) is 19.6 Å². The number of likely N-dealkylation sites (tertiary alicyclic amines) is 1. The van der Waals surface area contributed by atoms with Gasteiger partial charge in [-0.05, 0) is 58.2 Å². The molecule has 2 heterocycles. The number of aryl methyl sites for hydroxylation is 2. The number of nitrogens with one attached hydrogen (secondary N) is 2. The van der Waals surface area contributed by atoms with Crippen LogP contribution in [0.5, 0.6) is 5.75 Å². The maximum absolute atomic E-state index is 12.5. The van der Waals surface area contributed by atoms with E-state index in [1.807, 2.05) is 32.0 Å². The van der Waals surface area contributed by atoms with Crippen LogP contribution in [0.4, 0.5) is 0 Å². The number of carbonyl (C=O) groups excluding carboxylic acids is 1. The number of ether oxygens (including phenoxy) is 1. The van der Waals surface area contributed by atoms with E-state index in [9.17, 15) is 4.79 Å². The van der Waals surface area contributed by atoms with Gasteiger partial charge in [0.1, 0.15) is 18.1 Å². The fraction of sp³-hybridized carbons (Fsp3) is 0.545. The highest BCUT2D eigenvalue weighted by atomic mass is 16.5. The normalized spacial score (nSPS) is 19.4. The molecule has 28 heavy (non-hydrogen) atoms. The van der Waals surface area contributed by atoms with Gasteiger partial charge in [-0.3, -0.25) is 4.79 Å². The van der Waals surface area contributed by atoms with E-state index in [0.717, 1.165) is 36.0 Å². The second-order valence-corrected chi connectivity index (χ2v) is 7.78. The van der Waals surface area contributed by atoms with Gasteiger partial charge in [-0.15, -0.1) is 0 Å². The molecule has 1 aliphatic rings. The van der Waals surface area contributed by atoms with Crippen LogP contribution in [-0.2, 0) is 6.61 Å². The molecular weight excluding hydrogens is 354 g/mol. The molecule has 6 heteroatoms. The number of piperidine rings is 1. The number of carbonyl (C=O) groups is 1. The summed E-state index contributed by atoms with van der Waals surface area (Å²) in [6, 6.07) is 8.05. The van der Waals surface area contributed by atoms with Crippen LogP contribution < -0.4 is 15.0 Å². The molecule has 2 atom stereocenters. The summed E-state index contributed by atoms with van der Waals surface area (Å²) in [5.41, 5.74) is 2.40. The number of hydrogen-bond donors (Lipinski definition) is 2. The maximum Gasteiger partial charge on any atom is 0.251 e. The van der Waals surface area contributed by atoms with Gasteiger partial charge in [0.25, 0.3) is 5.91 Å². The Hall–Kier alpha value is -2.34. The smallest absolute Gasteiger partial charge is 0.251 e. The molecule has 3 rings (SSSR count). The molecule has 1 aliphatic heterocycles. The molecule has 2 N–H and O–H groups in total. The van der Waals surface area contributed by atoms with Crippen LogP contribution in [0.25, 0.3) is 0 Å². The Morgan fingerprint density at radius 3 is 2.96 bits per heavy atom. The fourth-order valence-corrected chi connectivity index (χ4v) is 3.83. The number of rotatable bonds is 8. The largest absolute Gasteiger partial charge is 0.489 e. The van der Waals surface area contributed by atoms with Gasteiger partial charge in [0.05, 0.1) is 30.4 Å². The summed E-state index contributed by atoms with van der Waals surface area (Å²) in [5.74, 6) is 1.38. The zero-order valence-electron chi connectivity index (χ0n) is 17.2. The van der Waals surface area contributed by atoms with Crippen molar-refractivity contribution < 1.29 is 19.0 Å². The maximum atomic E-state index is 12.5. The van der Waals surface area contributed by atoms with Crippen molar-refractivity contribution in [3.05, 3.63) is 46.8 Å². The summed E-state index contributed by atoms with van der Waals surface area (Å²) < 4.78 is 11.0. The molecule has 1 fully saturated rings. The third-order valence-corrected chi connectivity index (χ3v) is 5.70. The van der Waals surface area contributed by atoms with Crippen molar-refractivity contribution >= 4 is 5.91 Å². The average molecular weight is 387 g/mol.